The van der Waals surface area contributed by atoms with Gasteiger partial charge < -0.3 is 4.74 Å². The number of aromatic nitrogens is 1. The van der Waals surface area contributed by atoms with Crippen LogP contribution in [-0.2, 0) is 4.79 Å². The lowest BCUT2D eigenvalue weighted by atomic mass is 10.2. The van der Waals surface area contributed by atoms with Crippen molar-refractivity contribution in [3.05, 3.63) is 70.6 Å². The Morgan fingerprint density at radius 1 is 1.19 bits per heavy atom. The molecule has 0 aliphatic carbocycles. The molecule has 26 heavy (non-hydrogen) atoms. The predicted octanol–water partition coefficient (Wildman–Crippen LogP) is 5.51. The molecule has 0 saturated heterocycles. The molecule has 6 heteroatoms. The summed E-state index contributed by atoms with van der Waals surface area (Å²) in [6, 6.07) is 15.0. The van der Waals surface area contributed by atoms with Crippen molar-refractivity contribution in [1.29, 1.82) is 0 Å². The number of halogens is 1. The number of rotatable bonds is 6. The molecule has 1 N–H and O–H groups in total. The zero-order valence-electron chi connectivity index (χ0n) is 14.1. The number of benzene rings is 2. The molecular weight excluding hydrogens is 368 g/mol. The molecule has 3 rings (SSSR count). The van der Waals surface area contributed by atoms with Gasteiger partial charge in [0.05, 0.1) is 12.3 Å². The third-order valence-electron chi connectivity index (χ3n) is 3.49. The molecule has 1 amide bonds. The van der Waals surface area contributed by atoms with E-state index in [0.717, 1.165) is 22.6 Å². The number of carbonyl (C=O) groups is 1. The number of thiazole rings is 1. The second kappa shape index (κ2) is 8.65. The molecule has 0 bridgehead atoms. The lowest BCUT2D eigenvalue weighted by Crippen LogP contribution is -2.07. The van der Waals surface area contributed by atoms with E-state index in [1.54, 1.807) is 18.2 Å². The highest BCUT2D eigenvalue weighted by Gasteiger charge is 2.07. The smallest absolute Gasteiger partial charge is 0.250 e. The molecule has 0 aliphatic heterocycles. The predicted molar refractivity (Wildman–Crippen MR) is 108 cm³/mol. The van der Waals surface area contributed by atoms with Crippen LogP contribution in [-0.4, -0.2) is 17.5 Å². The highest BCUT2D eigenvalue weighted by Crippen LogP contribution is 2.26. The highest BCUT2D eigenvalue weighted by molar-refractivity contribution is 7.14. The summed E-state index contributed by atoms with van der Waals surface area (Å²) < 4.78 is 5.43. The Morgan fingerprint density at radius 2 is 1.92 bits per heavy atom. The zero-order chi connectivity index (χ0) is 18.4. The van der Waals surface area contributed by atoms with Crippen LogP contribution in [0.5, 0.6) is 5.75 Å². The van der Waals surface area contributed by atoms with Crippen LogP contribution in [0.15, 0.2) is 60.0 Å². The van der Waals surface area contributed by atoms with Crippen LogP contribution in [0.25, 0.3) is 17.3 Å². The van der Waals surface area contributed by atoms with Crippen LogP contribution >= 0.6 is 22.9 Å². The van der Waals surface area contributed by atoms with Crippen molar-refractivity contribution >= 4 is 40.1 Å². The molecule has 4 nitrogen and oxygen atoms in total. The Kier molecular flexibility index (Phi) is 6.04. The van der Waals surface area contributed by atoms with Crippen molar-refractivity contribution in [1.82, 2.24) is 4.98 Å². The summed E-state index contributed by atoms with van der Waals surface area (Å²) >= 11 is 7.23. The van der Waals surface area contributed by atoms with Crippen molar-refractivity contribution in [2.75, 3.05) is 11.9 Å². The van der Waals surface area contributed by atoms with Gasteiger partial charge in [0, 0.05) is 22.0 Å². The second-order valence-corrected chi connectivity index (χ2v) is 6.66. The first-order valence-corrected chi connectivity index (χ1v) is 9.33. The van der Waals surface area contributed by atoms with Crippen molar-refractivity contribution in [2.24, 2.45) is 0 Å². The SMILES string of the molecule is CCOc1ccc(-c2csc(NC(=O)/C=C/c3ccc(Cl)cc3)n2)cc1. The Labute approximate surface area is 161 Å². The van der Waals surface area contributed by atoms with E-state index in [4.69, 9.17) is 16.3 Å². The molecule has 0 spiro atoms. The topological polar surface area (TPSA) is 51.2 Å². The summed E-state index contributed by atoms with van der Waals surface area (Å²) in [5, 5.41) is 5.91. The third-order valence-corrected chi connectivity index (χ3v) is 4.50. The summed E-state index contributed by atoms with van der Waals surface area (Å²) in [7, 11) is 0. The van der Waals surface area contributed by atoms with Crippen molar-refractivity contribution in [3.63, 3.8) is 0 Å². The average molecular weight is 385 g/mol. The minimum Gasteiger partial charge on any atom is -0.494 e. The minimum absolute atomic E-state index is 0.229. The normalized spacial score (nSPS) is 10.8. The largest absolute Gasteiger partial charge is 0.494 e. The fourth-order valence-electron chi connectivity index (χ4n) is 2.25. The van der Waals surface area contributed by atoms with Gasteiger partial charge in [-0.05, 0) is 55.0 Å². The van der Waals surface area contributed by atoms with E-state index in [1.807, 2.05) is 48.7 Å². The van der Waals surface area contributed by atoms with Gasteiger partial charge in [0.25, 0.3) is 0 Å². The lowest BCUT2D eigenvalue weighted by Gasteiger charge is -2.03. The van der Waals surface area contributed by atoms with Crippen LogP contribution in [0.1, 0.15) is 12.5 Å². The number of ether oxygens (including phenoxy) is 1. The van der Waals surface area contributed by atoms with Gasteiger partial charge in [-0.3, -0.25) is 10.1 Å². The number of hydrogen-bond donors (Lipinski definition) is 1. The van der Waals surface area contributed by atoms with Gasteiger partial charge in [0.15, 0.2) is 5.13 Å². The number of nitrogens with one attached hydrogen (secondary N) is 1. The number of anilines is 1. The van der Waals surface area contributed by atoms with Gasteiger partial charge >= 0.3 is 0 Å². The highest BCUT2D eigenvalue weighted by atomic mass is 35.5. The van der Waals surface area contributed by atoms with E-state index in [0.29, 0.717) is 16.8 Å². The lowest BCUT2D eigenvalue weighted by molar-refractivity contribution is -0.111. The maximum Gasteiger partial charge on any atom is 0.250 e. The van der Waals surface area contributed by atoms with E-state index in [-0.39, 0.29) is 5.91 Å². The van der Waals surface area contributed by atoms with E-state index >= 15 is 0 Å². The van der Waals surface area contributed by atoms with Gasteiger partial charge in [-0.25, -0.2) is 4.98 Å². The summed E-state index contributed by atoms with van der Waals surface area (Å²) in [4.78, 5) is 16.5. The number of nitrogens with zero attached hydrogens (tertiary/aromatic N) is 1. The molecular formula is C20H17ClN2O2S. The first-order valence-electron chi connectivity index (χ1n) is 8.07. The first-order chi connectivity index (χ1) is 12.6. The van der Waals surface area contributed by atoms with Gasteiger partial charge in [-0.15, -0.1) is 11.3 Å². The average Bonchev–Trinajstić information content (AvgIpc) is 3.10. The van der Waals surface area contributed by atoms with E-state index < -0.39 is 0 Å². The van der Waals surface area contributed by atoms with Crippen LogP contribution in [0.2, 0.25) is 5.02 Å². The van der Waals surface area contributed by atoms with Gasteiger partial charge in [0.2, 0.25) is 5.91 Å². The molecule has 3 aromatic rings. The fourth-order valence-corrected chi connectivity index (χ4v) is 3.09. The molecule has 132 valence electrons. The Morgan fingerprint density at radius 3 is 2.62 bits per heavy atom. The Bertz CT molecular complexity index is 902. The molecule has 0 atom stereocenters. The Balaban J connectivity index is 1.62. The molecule has 2 aromatic carbocycles. The fraction of sp³-hybridized carbons (Fsp3) is 0.100. The monoisotopic (exact) mass is 384 g/mol. The summed E-state index contributed by atoms with van der Waals surface area (Å²) in [5.41, 5.74) is 2.69. The van der Waals surface area contributed by atoms with Crippen molar-refractivity contribution < 1.29 is 9.53 Å². The Hall–Kier alpha value is -2.63. The van der Waals surface area contributed by atoms with Crippen molar-refractivity contribution in [3.8, 4) is 17.0 Å². The van der Waals surface area contributed by atoms with Crippen LogP contribution < -0.4 is 10.1 Å². The maximum absolute atomic E-state index is 12.0. The molecule has 0 unspecified atom stereocenters. The summed E-state index contributed by atoms with van der Waals surface area (Å²) in [6.45, 7) is 2.58. The van der Waals surface area contributed by atoms with E-state index in [1.165, 1.54) is 17.4 Å². The van der Waals surface area contributed by atoms with E-state index in [2.05, 4.69) is 10.3 Å². The molecule has 0 saturated carbocycles. The number of hydrogen-bond acceptors (Lipinski definition) is 4. The molecule has 0 fully saturated rings. The first kappa shape index (κ1) is 18.2. The molecule has 0 radical (unpaired) electrons. The van der Waals surface area contributed by atoms with Crippen molar-refractivity contribution in [2.45, 2.75) is 6.92 Å². The summed E-state index contributed by atoms with van der Waals surface area (Å²) in [6.07, 6.45) is 3.20. The zero-order valence-corrected chi connectivity index (χ0v) is 15.7. The van der Waals surface area contributed by atoms with Gasteiger partial charge in [-0.1, -0.05) is 23.7 Å². The maximum atomic E-state index is 12.0. The quantitative estimate of drug-likeness (QED) is 0.570. The summed E-state index contributed by atoms with van der Waals surface area (Å²) in [5.74, 6) is 0.597. The standard InChI is InChI=1S/C20H17ClN2O2S/c1-2-25-17-10-6-15(7-11-17)18-13-26-20(22-18)23-19(24)12-5-14-3-8-16(21)9-4-14/h3-13H,2H2,1H3,(H,22,23,24)/b12-5+. The van der Waals surface area contributed by atoms with Crippen LogP contribution in [0, 0.1) is 0 Å². The minimum atomic E-state index is -0.229. The molecule has 1 heterocycles. The van der Waals surface area contributed by atoms with Gasteiger partial charge in [-0.2, -0.15) is 0 Å². The molecule has 1 aromatic heterocycles. The van der Waals surface area contributed by atoms with Crippen LogP contribution in [0.3, 0.4) is 0 Å². The number of amides is 1. The molecule has 0 aliphatic rings. The van der Waals surface area contributed by atoms with Gasteiger partial charge in [0.1, 0.15) is 5.75 Å². The number of carbonyl (C=O) groups excluding carboxylic acids is 1. The third kappa shape index (κ3) is 4.94. The van der Waals surface area contributed by atoms with Crippen LogP contribution in [0.4, 0.5) is 5.13 Å². The van der Waals surface area contributed by atoms with E-state index in [9.17, 15) is 4.79 Å². The second-order valence-electron chi connectivity index (χ2n) is 5.37.